The highest BCUT2D eigenvalue weighted by Gasteiger charge is 2.28. The lowest BCUT2D eigenvalue weighted by Gasteiger charge is -2.18. The molecule has 114 valence electrons. The fourth-order valence-corrected chi connectivity index (χ4v) is 2.72. The minimum atomic E-state index is -4.36. The van der Waals surface area contributed by atoms with Crippen molar-refractivity contribution in [3.8, 4) is 5.75 Å². The van der Waals surface area contributed by atoms with Crippen LogP contribution >= 0.6 is 22.9 Å². The van der Waals surface area contributed by atoms with E-state index in [1.54, 1.807) is 18.2 Å². The Morgan fingerprint density at radius 1 is 1.33 bits per heavy atom. The van der Waals surface area contributed by atoms with E-state index in [-0.39, 0.29) is 11.8 Å². The summed E-state index contributed by atoms with van der Waals surface area (Å²) in [5, 5.41) is 5.03. The largest absolute Gasteiger partial charge is 0.482 e. The molecular weight excluding hydrogens is 323 g/mol. The van der Waals surface area contributed by atoms with Crippen LogP contribution in [0.25, 0.3) is 0 Å². The molecule has 1 unspecified atom stereocenters. The van der Waals surface area contributed by atoms with E-state index in [0.717, 1.165) is 5.56 Å². The average Bonchev–Trinajstić information content (AvgIpc) is 2.83. The zero-order chi connectivity index (χ0) is 15.5. The van der Waals surface area contributed by atoms with Gasteiger partial charge in [-0.15, -0.1) is 11.3 Å². The number of anilines is 1. The number of hydrogen-bond acceptors (Lipinski definition) is 3. The van der Waals surface area contributed by atoms with Crippen molar-refractivity contribution in [1.29, 1.82) is 0 Å². The van der Waals surface area contributed by atoms with Crippen LogP contribution in [0.2, 0.25) is 4.34 Å². The van der Waals surface area contributed by atoms with Gasteiger partial charge in [0.05, 0.1) is 10.0 Å². The lowest BCUT2D eigenvalue weighted by atomic mass is 10.1. The second-order valence-electron chi connectivity index (χ2n) is 4.45. The summed E-state index contributed by atoms with van der Waals surface area (Å²) in [5.74, 6) is 0.169. The molecule has 7 heteroatoms. The van der Waals surface area contributed by atoms with Crippen molar-refractivity contribution in [3.63, 3.8) is 0 Å². The van der Waals surface area contributed by atoms with E-state index >= 15 is 0 Å². The van der Waals surface area contributed by atoms with E-state index in [2.05, 4.69) is 5.32 Å². The molecule has 0 saturated carbocycles. The fraction of sp³-hybridized carbons (Fsp3) is 0.286. The monoisotopic (exact) mass is 335 g/mol. The Labute approximate surface area is 129 Å². The van der Waals surface area contributed by atoms with Gasteiger partial charge >= 0.3 is 6.18 Å². The SMILES string of the molecule is CC(Nc1ccccc1OCC(F)(F)F)c1csc(Cl)c1. The second kappa shape index (κ2) is 6.58. The first-order valence-corrected chi connectivity index (χ1v) is 7.40. The average molecular weight is 336 g/mol. The van der Waals surface area contributed by atoms with Crippen LogP contribution < -0.4 is 10.1 Å². The molecule has 0 spiro atoms. The summed E-state index contributed by atoms with van der Waals surface area (Å²) in [6.45, 7) is 0.587. The van der Waals surface area contributed by atoms with E-state index in [4.69, 9.17) is 16.3 Å². The van der Waals surface area contributed by atoms with E-state index in [1.807, 2.05) is 18.4 Å². The summed E-state index contributed by atoms with van der Waals surface area (Å²) in [5.41, 5.74) is 1.48. The van der Waals surface area contributed by atoms with Gasteiger partial charge in [-0.2, -0.15) is 13.2 Å². The van der Waals surface area contributed by atoms with Crippen molar-refractivity contribution >= 4 is 28.6 Å². The van der Waals surface area contributed by atoms with Crippen LogP contribution in [0, 0.1) is 0 Å². The predicted octanol–water partition coefficient (Wildman–Crippen LogP) is 5.52. The van der Waals surface area contributed by atoms with Crippen molar-refractivity contribution in [2.75, 3.05) is 11.9 Å². The number of nitrogens with one attached hydrogen (secondary N) is 1. The third-order valence-corrected chi connectivity index (χ3v) is 3.85. The maximum atomic E-state index is 12.2. The molecule has 1 aromatic carbocycles. The number of ether oxygens (including phenoxy) is 1. The Bertz CT molecular complexity index is 600. The summed E-state index contributed by atoms with van der Waals surface area (Å²) in [7, 11) is 0. The number of halogens is 4. The second-order valence-corrected chi connectivity index (χ2v) is 5.99. The molecule has 0 bridgehead atoms. The molecule has 1 atom stereocenters. The van der Waals surface area contributed by atoms with Gasteiger partial charge in [-0.25, -0.2) is 0 Å². The molecule has 1 N–H and O–H groups in total. The molecular formula is C14H13ClF3NOS. The normalized spacial score (nSPS) is 13.0. The van der Waals surface area contributed by atoms with E-state index < -0.39 is 12.8 Å². The van der Waals surface area contributed by atoms with Crippen LogP contribution in [0.15, 0.2) is 35.7 Å². The summed E-state index contributed by atoms with van der Waals surface area (Å²) >= 11 is 7.29. The molecule has 1 heterocycles. The molecule has 0 aliphatic carbocycles. The van der Waals surface area contributed by atoms with Crippen LogP contribution in [0.3, 0.4) is 0 Å². The Balaban J connectivity index is 2.09. The van der Waals surface area contributed by atoms with Crippen molar-refractivity contribution in [2.45, 2.75) is 19.1 Å². The summed E-state index contributed by atoms with van der Waals surface area (Å²) < 4.78 is 42.2. The predicted molar refractivity (Wildman–Crippen MR) is 79.4 cm³/mol. The van der Waals surface area contributed by atoms with Crippen molar-refractivity contribution in [3.05, 3.63) is 45.6 Å². The van der Waals surface area contributed by atoms with Crippen molar-refractivity contribution < 1.29 is 17.9 Å². The highest BCUT2D eigenvalue weighted by atomic mass is 35.5. The molecule has 0 saturated heterocycles. The Morgan fingerprint density at radius 2 is 2.05 bits per heavy atom. The van der Waals surface area contributed by atoms with Gasteiger partial charge < -0.3 is 10.1 Å². The topological polar surface area (TPSA) is 21.3 Å². The maximum Gasteiger partial charge on any atom is 0.422 e. The first kappa shape index (κ1) is 16.0. The zero-order valence-corrected chi connectivity index (χ0v) is 12.6. The number of benzene rings is 1. The molecule has 0 radical (unpaired) electrons. The van der Waals surface area contributed by atoms with Crippen LogP contribution in [-0.2, 0) is 0 Å². The lowest BCUT2D eigenvalue weighted by molar-refractivity contribution is -0.153. The van der Waals surface area contributed by atoms with Crippen LogP contribution in [0.5, 0.6) is 5.75 Å². The maximum absolute atomic E-state index is 12.2. The van der Waals surface area contributed by atoms with Gasteiger partial charge in [-0.05, 0) is 36.1 Å². The zero-order valence-electron chi connectivity index (χ0n) is 11.1. The van der Waals surface area contributed by atoms with Crippen molar-refractivity contribution in [1.82, 2.24) is 0 Å². The molecule has 0 aliphatic rings. The third kappa shape index (κ3) is 4.82. The summed E-state index contributed by atoms with van der Waals surface area (Å²) in [6.07, 6.45) is -4.36. The fourth-order valence-electron chi connectivity index (χ4n) is 1.74. The minimum Gasteiger partial charge on any atom is -0.482 e. The quantitative estimate of drug-likeness (QED) is 0.777. The number of alkyl halides is 3. The van der Waals surface area contributed by atoms with Gasteiger partial charge in [0.25, 0.3) is 0 Å². The van der Waals surface area contributed by atoms with Crippen LogP contribution in [-0.4, -0.2) is 12.8 Å². The highest BCUT2D eigenvalue weighted by molar-refractivity contribution is 7.14. The minimum absolute atomic E-state index is 0.0932. The van der Waals surface area contributed by atoms with Crippen LogP contribution in [0.4, 0.5) is 18.9 Å². The molecule has 1 aromatic heterocycles. The molecule has 2 rings (SSSR count). The summed E-state index contributed by atoms with van der Waals surface area (Å²) in [4.78, 5) is 0. The Morgan fingerprint density at radius 3 is 2.67 bits per heavy atom. The van der Waals surface area contributed by atoms with Crippen molar-refractivity contribution in [2.24, 2.45) is 0 Å². The standard InChI is InChI=1S/C14H13ClF3NOS/c1-9(10-6-13(15)21-7-10)19-11-4-2-3-5-12(11)20-8-14(16,17)18/h2-7,9,19H,8H2,1H3. The molecule has 21 heavy (non-hydrogen) atoms. The molecule has 0 fully saturated rings. The number of para-hydroxylation sites is 2. The smallest absolute Gasteiger partial charge is 0.422 e. The first-order chi connectivity index (χ1) is 9.85. The van der Waals surface area contributed by atoms with Gasteiger partial charge in [0.15, 0.2) is 6.61 Å². The first-order valence-electron chi connectivity index (χ1n) is 6.14. The number of hydrogen-bond donors (Lipinski definition) is 1. The van der Waals surface area contributed by atoms with E-state index in [0.29, 0.717) is 10.0 Å². The van der Waals surface area contributed by atoms with Gasteiger partial charge in [0.2, 0.25) is 0 Å². The number of rotatable bonds is 5. The van der Waals surface area contributed by atoms with E-state index in [1.165, 1.54) is 17.4 Å². The van der Waals surface area contributed by atoms with Gasteiger partial charge in [-0.1, -0.05) is 23.7 Å². The Hall–Kier alpha value is -1.40. The van der Waals surface area contributed by atoms with Gasteiger partial charge in [0.1, 0.15) is 5.75 Å². The van der Waals surface area contributed by atoms with Gasteiger partial charge in [0, 0.05) is 6.04 Å². The molecule has 2 nitrogen and oxygen atoms in total. The number of thiophene rings is 1. The van der Waals surface area contributed by atoms with E-state index in [9.17, 15) is 13.2 Å². The molecule has 2 aromatic rings. The van der Waals surface area contributed by atoms with Gasteiger partial charge in [-0.3, -0.25) is 0 Å². The molecule has 0 aliphatic heterocycles. The third-order valence-electron chi connectivity index (χ3n) is 2.74. The highest BCUT2D eigenvalue weighted by Crippen LogP contribution is 2.31. The molecule has 0 amide bonds. The Kier molecular flexibility index (Phi) is 5.00. The van der Waals surface area contributed by atoms with Crippen LogP contribution in [0.1, 0.15) is 18.5 Å². The summed E-state index contributed by atoms with van der Waals surface area (Å²) in [6, 6.07) is 8.27. The lowest BCUT2D eigenvalue weighted by Crippen LogP contribution is -2.20.